The number of fused-ring (bicyclic) bond motifs is 1. The lowest BCUT2D eigenvalue weighted by Gasteiger charge is -2.27. The van der Waals surface area contributed by atoms with Crippen LogP contribution in [0, 0.1) is 0 Å². The smallest absolute Gasteiger partial charge is 0.132 e. The lowest BCUT2D eigenvalue weighted by Crippen LogP contribution is -2.27. The van der Waals surface area contributed by atoms with E-state index in [2.05, 4.69) is 55.8 Å². The Kier molecular flexibility index (Phi) is 5.64. The van der Waals surface area contributed by atoms with Crippen molar-refractivity contribution < 1.29 is 4.79 Å². The van der Waals surface area contributed by atoms with Crippen LogP contribution in [0.2, 0.25) is 0 Å². The van der Waals surface area contributed by atoms with Gasteiger partial charge in [0.05, 0.1) is 0 Å². The van der Waals surface area contributed by atoms with Crippen molar-refractivity contribution in [2.24, 2.45) is 0 Å². The van der Waals surface area contributed by atoms with E-state index in [0.717, 1.165) is 31.6 Å². The van der Waals surface area contributed by atoms with Crippen molar-refractivity contribution in [3.05, 3.63) is 35.9 Å². The molecule has 0 aliphatic carbocycles. The van der Waals surface area contributed by atoms with Gasteiger partial charge in [0, 0.05) is 54.5 Å². The number of nitrogens with zero attached hydrogens (tertiary/aromatic N) is 1. The third-order valence-corrected chi connectivity index (χ3v) is 4.43. The Hall–Kier alpha value is -1.77. The number of carbonyl (C=O) groups is 1. The van der Waals surface area contributed by atoms with E-state index >= 15 is 0 Å². The monoisotopic (exact) mass is 300 g/mol. The third kappa shape index (κ3) is 3.52. The van der Waals surface area contributed by atoms with Crippen LogP contribution in [0.4, 0.5) is 5.69 Å². The fraction of sp³-hybridized carbons (Fsp3) is 0.526. The number of hydrogen-bond donors (Lipinski definition) is 1. The van der Waals surface area contributed by atoms with Gasteiger partial charge in [-0.25, -0.2) is 0 Å². The minimum Gasteiger partial charge on any atom is -0.385 e. The maximum Gasteiger partial charge on any atom is 0.132 e. The van der Waals surface area contributed by atoms with Gasteiger partial charge in [0.15, 0.2) is 0 Å². The minimum absolute atomic E-state index is 0.343. The van der Waals surface area contributed by atoms with Gasteiger partial charge in [-0.1, -0.05) is 25.6 Å². The first kappa shape index (κ1) is 16.6. The minimum atomic E-state index is 0.343. The van der Waals surface area contributed by atoms with Gasteiger partial charge in [-0.05, 0) is 32.8 Å². The summed E-state index contributed by atoms with van der Waals surface area (Å²) >= 11 is 0. The lowest BCUT2D eigenvalue weighted by molar-refractivity contribution is -0.119. The molecule has 3 nitrogen and oxygen atoms in total. The molecule has 0 fully saturated rings. The van der Waals surface area contributed by atoms with E-state index in [9.17, 15) is 4.79 Å². The Morgan fingerprint density at radius 3 is 2.82 bits per heavy atom. The highest BCUT2D eigenvalue weighted by atomic mass is 16.1. The Morgan fingerprint density at radius 1 is 1.36 bits per heavy atom. The van der Waals surface area contributed by atoms with E-state index in [0.29, 0.717) is 24.7 Å². The molecular weight excluding hydrogens is 272 g/mol. The van der Waals surface area contributed by atoms with Crippen LogP contribution in [-0.2, 0) is 11.3 Å². The first-order valence-corrected chi connectivity index (χ1v) is 8.41. The summed E-state index contributed by atoms with van der Waals surface area (Å²) in [6.45, 7) is 12.5. The summed E-state index contributed by atoms with van der Waals surface area (Å²) in [6.07, 6.45) is 3.23. The van der Waals surface area contributed by atoms with E-state index < -0.39 is 0 Å². The summed E-state index contributed by atoms with van der Waals surface area (Å²) in [6, 6.07) is 6.71. The Balaban J connectivity index is 2.04. The average molecular weight is 300 g/mol. The normalized spacial score (nSPS) is 14.9. The molecule has 0 saturated heterocycles. The van der Waals surface area contributed by atoms with Crippen LogP contribution in [0.3, 0.4) is 0 Å². The van der Waals surface area contributed by atoms with Crippen molar-refractivity contribution >= 4 is 17.2 Å². The van der Waals surface area contributed by atoms with Crippen LogP contribution in [-0.4, -0.2) is 23.3 Å². The third-order valence-electron chi connectivity index (χ3n) is 4.43. The quantitative estimate of drug-likeness (QED) is 0.770. The second-order valence-electron chi connectivity index (χ2n) is 6.11. The molecule has 22 heavy (non-hydrogen) atoms. The molecule has 1 heterocycles. The summed E-state index contributed by atoms with van der Waals surface area (Å²) in [5.74, 6) is 0.380. The van der Waals surface area contributed by atoms with Crippen molar-refractivity contribution in [1.82, 2.24) is 4.90 Å². The highest BCUT2D eigenvalue weighted by molar-refractivity contribution is 5.78. The predicted molar refractivity (Wildman–Crippen MR) is 93.8 cm³/mol. The van der Waals surface area contributed by atoms with Gasteiger partial charge in [-0.2, -0.15) is 0 Å². The molecule has 1 aromatic carbocycles. The van der Waals surface area contributed by atoms with Crippen LogP contribution in [0.25, 0.3) is 5.70 Å². The van der Waals surface area contributed by atoms with Crippen LogP contribution < -0.4 is 5.32 Å². The van der Waals surface area contributed by atoms with Gasteiger partial charge in [0.2, 0.25) is 0 Å². The number of Topliss-reactive ketones (excluding diaryl/α,β-unsaturated/α-hetero) is 1. The van der Waals surface area contributed by atoms with Crippen LogP contribution in [0.5, 0.6) is 0 Å². The molecule has 1 aliphatic rings. The Morgan fingerprint density at radius 2 is 2.14 bits per heavy atom. The van der Waals surface area contributed by atoms with Gasteiger partial charge >= 0.3 is 0 Å². The fourth-order valence-corrected chi connectivity index (χ4v) is 3.16. The van der Waals surface area contributed by atoms with Gasteiger partial charge < -0.3 is 10.2 Å². The molecule has 0 radical (unpaired) electrons. The molecule has 120 valence electrons. The first-order valence-electron chi connectivity index (χ1n) is 8.41. The topological polar surface area (TPSA) is 32.3 Å². The van der Waals surface area contributed by atoms with Crippen molar-refractivity contribution in [3.8, 4) is 0 Å². The van der Waals surface area contributed by atoms with Crippen molar-refractivity contribution in [2.45, 2.75) is 59.0 Å². The van der Waals surface area contributed by atoms with E-state index in [-0.39, 0.29) is 0 Å². The molecule has 1 aliphatic heterocycles. The van der Waals surface area contributed by atoms with Crippen LogP contribution in [0.15, 0.2) is 24.8 Å². The molecule has 1 aromatic rings. The number of carbonyl (C=O) groups excluding carboxylic acids is 1. The van der Waals surface area contributed by atoms with Crippen molar-refractivity contribution in [1.29, 1.82) is 0 Å². The Labute approximate surface area is 134 Å². The van der Waals surface area contributed by atoms with E-state index in [4.69, 9.17) is 0 Å². The second-order valence-corrected chi connectivity index (χ2v) is 6.11. The van der Waals surface area contributed by atoms with E-state index in [1.165, 1.54) is 16.8 Å². The average Bonchev–Trinajstić information content (AvgIpc) is 2.84. The summed E-state index contributed by atoms with van der Waals surface area (Å²) in [7, 11) is 0. The van der Waals surface area contributed by atoms with Gasteiger partial charge in [0.25, 0.3) is 0 Å². The number of hydrogen-bond acceptors (Lipinski definition) is 3. The Bertz CT molecular complexity index is 550. The first-order chi connectivity index (χ1) is 10.6. The summed E-state index contributed by atoms with van der Waals surface area (Å²) in [4.78, 5) is 14.1. The van der Waals surface area contributed by atoms with Crippen molar-refractivity contribution in [2.75, 3.05) is 11.9 Å². The molecule has 1 atom stereocenters. The lowest BCUT2D eigenvalue weighted by atomic mass is 10.1. The molecule has 1 unspecified atom stereocenters. The molecule has 0 bridgehead atoms. The summed E-state index contributed by atoms with van der Waals surface area (Å²) in [5.41, 5.74) is 4.87. The zero-order valence-corrected chi connectivity index (χ0v) is 14.1. The number of rotatable bonds is 8. The molecule has 2 rings (SSSR count). The SMILES string of the molecule is C=C1c2cccc(NCC)c2CN1C(C)CCC(=O)CCC. The molecule has 1 N–H and O–H groups in total. The van der Waals surface area contributed by atoms with Crippen LogP contribution in [0.1, 0.15) is 57.6 Å². The zero-order valence-electron chi connectivity index (χ0n) is 14.1. The highest BCUT2D eigenvalue weighted by Crippen LogP contribution is 2.37. The molecule has 0 spiro atoms. The molecule has 0 saturated carbocycles. The largest absolute Gasteiger partial charge is 0.385 e. The molecule has 0 aromatic heterocycles. The maximum atomic E-state index is 11.8. The molecule has 0 amide bonds. The van der Waals surface area contributed by atoms with Gasteiger partial charge in [-0.3, -0.25) is 4.79 Å². The van der Waals surface area contributed by atoms with Crippen LogP contribution >= 0.6 is 0 Å². The van der Waals surface area contributed by atoms with Gasteiger partial charge in [-0.15, -0.1) is 0 Å². The molecule has 3 heteroatoms. The number of benzene rings is 1. The van der Waals surface area contributed by atoms with Crippen molar-refractivity contribution in [3.63, 3.8) is 0 Å². The van der Waals surface area contributed by atoms with E-state index in [1.807, 2.05) is 0 Å². The van der Waals surface area contributed by atoms with E-state index in [1.54, 1.807) is 0 Å². The number of nitrogens with one attached hydrogen (secondary N) is 1. The fourth-order valence-electron chi connectivity index (χ4n) is 3.16. The number of ketones is 1. The standard InChI is InChI=1S/C19H28N2O/c1-5-8-16(22)12-11-14(3)21-13-18-17(15(21)4)9-7-10-19(18)20-6-2/h7,9-10,14,20H,4-6,8,11-13H2,1-3H3. The highest BCUT2D eigenvalue weighted by Gasteiger charge is 2.27. The summed E-state index contributed by atoms with van der Waals surface area (Å²) in [5, 5.41) is 3.43. The zero-order chi connectivity index (χ0) is 16.1. The summed E-state index contributed by atoms with van der Waals surface area (Å²) < 4.78 is 0. The van der Waals surface area contributed by atoms with Gasteiger partial charge in [0.1, 0.15) is 5.78 Å². The second kappa shape index (κ2) is 7.48. The predicted octanol–water partition coefficient (Wildman–Crippen LogP) is 4.44. The maximum absolute atomic E-state index is 11.8. The molecular formula is C19H28N2O. The number of anilines is 1.